The van der Waals surface area contributed by atoms with Crippen molar-refractivity contribution >= 4 is 5.91 Å². The zero-order valence-corrected chi connectivity index (χ0v) is 15.6. The van der Waals surface area contributed by atoms with Crippen LogP contribution >= 0.6 is 0 Å². The number of hydrogen-bond acceptors (Lipinski definition) is 3. The molecule has 0 fully saturated rings. The molecule has 0 aliphatic rings. The summed E-state index contributed by atoms with van der Waals surface area (Å²) >= 11 is 0. The molecular weight excluding hydrogens is 255 g/mol. The SMILES string of the molecule is CNC(=O)[C@H](CCCN)[N-]C(CC(C)C)NC.[K+]. The molecule has 0 bridgehead atoms. The minimum absolute atomic E-state index is 0. The minimum atomic E-state index is -0.292. The van der Waals surface area contributed by atoms with Gasteiger partial charge in [-0.1, -0.05) is 38.9 Å². The van der Waals surface area contributed by atoms with E-state index in [1.807, 2.05) is 7.05 Å². The first-order chi connectivity index (χ1) is 8.04. The van der Waals surface area contributed by atoms with Gasteiger partial charge in [-0.2, -0.15) is 0 Å². The van der Waals surface area contributed by atoms with Crippen LogP contribution in [0.15, 0.2) is 0 Å². The average molecular weight is 282 g/mol. The summed E-state index contributed by atoms with van der Waals surface area (Å²) in [6.07, 6.45) is 2.51. The first-order valence-corrected chi connectivity index (χ1v) is 6.34. The van der Waals surface area contributed by atoms with Crippen LogP contribution in [-0.2, 0) is 4.79 Å². The molecule has 2 atom stereocenters. The monoisotopic (exact) mass is 282 g/mol. The molecule has 0 rings (SSSR count). The van der Waals surface area contributed by atoms with E-state index in [2.05, 4.69) is 29.8 Å². The third kappa shape index (κ3) is 9.86. The number of hydrogen-bond donors (Lipinski definition) is 3. The largest absolute Gasteiger partial charge is 1.00 e. The van der Waals surface area contributed by atoms with E-state index in [0.29, 0.717) is 18.9 Å². The van der Waals surface area contributed by atoms with Crippen LogP contribution in [0.4, 0.5) is 0 Å². The van der Waals surface area contributed by atoms with Crippen molar-refractivity contribution in [3.63, 3.8) is 0 Å². The number of nitrogens with one attached hydrogen (secondary N) is 2. The minimum Gasteiger partial charge on any atom is -0.637 e. The molecule has 102 valence electrons. The smallest absolute Gasteiger partial charge is 0.637 e. The Kier molecular flexibility index (Phi) is 15.4. The maximum Gasteiger partial charge on any atom is 1.00 e. The Morgan fingerprint density at radius 3 is 2.33 bits per heavy atom. The zero-order valence-electron chi connectivity index (χ0n) is 12.5. The van der Waals surface area contributed by atoms with Gasteiger partial charge in [0.15, 0.2) is 0 Å². The Hall–Kier alpha value is 0.986. The number of likely N-dealkylation sites (N-methyl/N-ethyl adjacent to an activating group) is 1. The van der Waals surface area contributed by atoms with Crippen LogP contribution in [0.1, 0.15) is 33.1 Å². The maximum atomic E-state index is 11.7. The number of nitrogens with two attached hydrogens (primary N) is 1. The molecule has 0 saturated carbocycles. The molecule has 18 heavy (non-hydrogen) atoms. The zero-order chi connectivity index (χ0) is 13.3. The van der Waals surface area contributed by atoms with Crippen LogP contribution in [-0.4, -0.2) is 38.8 Å². The fourth-order valence-electron chi connectivity index (χ4n) is 1.67. The van der Waals surface area contributed by atoms with Gasteiger partial charge in [-0.05, 0) is 25.9 Å². The average Bonchev–Trinajstić information content (AvgIpc) is 2.31. The molecule has 0 spiro atoms. The molecule has 1 amide bonds. The summed E-state index contributed by atoms with van der Waals surface area (Å²) < 4.78 is 0. The number of carbonyl (C=O) groups excluding carboxylic acids is 1. The number of amides is 1. The third-order valence-electron chi connectivity index (χ3n) is 2.62. The van der Waals surface area contributed by atoms with Crippen molar-refractivity contribution in [1.29, 1.82) is 0 Å². The molecule has 6 heteroatoms. The van der Waals surface area contributed by atoms with Crippen LogP contribution in [0, 0.1) is 5.92 Å². The van der Waals surface area contributed by atoms with Gasteiger partial charge in [0.05, 0.1) is 0 Å². The van der Waals surface area contributed by atoms with E-state index < -0.39 is 0 Å². The standard InChI is InChI=1S/C12H27N4O.K/c1-9(2)8-11(14-3)16-10(6-5-7-13)12(17)15-4;/h9-11,14H,5-8,13H2,1-4H3,(H,15,17);/q-1;+1/t10-,11?;/m0./s1. The fourth-order valence-corrected chi connectivity index (χ4v) is 1.67. The van der Waals surface area contributed by atoms with Crippen LogP contribution in [0.25, 0.3) is 5.32 Å². The second-order valence-electron chi connectivity index (χ2n) is 4.64. The fraction of sp³-hybridized carbons (Fsp3) is 0.917. The summed E-state index contributed by atoms with van der Waals surface area (Å²) in [5, 5.41) is 10.4. The van der Waals surface area contributed by atoms with E-state index in [1.54, 1.807) is 7.05 Å². The quantitative estimate of drug-likeness (QED) is 0.420. The van der Waals surface area contributed by atoms with Gasteiger partial charge in [-0.3, -0.25) is 4.79 Å². The summed E-state index contributed by atoms with van der Waals surface area (Å²) in [6, 6.07) is -0.292. The maximum absolute atomic E-state index is 11.7. The predicted octanol–water partition coefficient (Wildman–Crippen LogP) is -2.19. The molecular formula is C12H27KN4O. The Balaban J connectivity index is 0. The van der Waals surface area contributed by atoms with Crippen LogP contribution < -0.4 is 67.8 Å². The molecule has 5 nitrogen and oxygen atoms in total. The third-order valence-corrected chi connectivity index (χ3v) is 2.62. The van der Waals surface area contributed by atoms with Crippen molar-refractivity contribution in [1.82, 2.24) is 10.6 Å². The summed E-state index contributed by atoms with van der Waals surface area (Å²) in [5.41, 5.74) is 5.47. The predicted molar refractivity (Wildman–Crippen MR) is 71.8 cm³/mol. The van der Waals surface area contributed by atoms with Crippen molar-refractivity contribution in [3.05, 3.63) is 5.32 Å². The van der Waals surface area contributed by atoms with Gasteiger partial charge in [-0.15, -0.1) is 0 Å². The van der Waals surface area contributed by atoms with E-state index in [1.165, 1.54) is 0 Å². The van der Waals surface area contributed by atoms with Crippen molar-refractivity contribution in [2.24, 2.45) is 11.7 Å². The van der Waals surface area contributed by atoms with Gasteiger partial charge in [-0.25, -0.2) is 0 Å². The Morgan fingerprint density at radius 2 is 1.94 bits per heavy atom. The van der Waals surface area contributed by atoms with Gasteiger partial charge < -0.3 is 21.7 Å². The molecule has 4 N–H and O–H groups in total. The molecule has 0 aromatic carbocycles. The van der Waals surface area contributed by atoms with E-state index in [4.69, 9.17) is 5.73 Å². The first-order valence-electron chi connectivity index (χ1n) is 6.34. The van der Waals surface area contributed by atoms with Crippen molar-refractivity contribution in [3.8, 4) is 0 Å². The van der Waals surface area contributed by atoms with Crippen LogP contribution in [0.5, 0.6) is 0 Å². The molecule has 0 aromatic rings. The van der Waals surface area contributed by atoms with Crippen LogP contribution in [0.2, 0.25) is 0 Å². The summed E-state index contributed by atoms with van der Waals surface area (Å²) in [5.74, 6) is 0.526. The summed E-state index contributed by atoms with van der Waals surface area (Å²) in [6.45, 7) is 4.89. The van der Waals surface area contributed by atoms with Crippen LogP contribution in [0.3, 0.4) is 0 Å². The van der Waals surface area contributed by atoms with E-state index in [0.717, 1.165) is 12.8 Å². The molecule has 0 aromatic heterocycles. The van der Waals surface area contributed by atoms with E-state index in [-0.39, 0.29) is 69.5 Å². The van der Waals surface area contributed by atoms with Gasteiger partial charge in [0.25, 0.3) is 0 Å². The summed E-state index contributed by atoms with van der Waals surface area (Å²) in [4.78, 5) is 11.7. The second kappa shape index (κ2) is 13.0. The molecule has 0 radical (unpaired) electrons. The molecule has 0 aliphatic heterocycles. The second-order valence-corrected chi connectivity index (χ2v) is 4.64. The van der Waals surface area contributed by atoms with E-state index >= 15 is 0 Å². The topological polar surface area (TPSA) is 81.2 Å². The normalized spacial score (nSPS) is 13.9. The molecule has 0 aliphatic carbocycles. The summed E-state index contributed by atoms with van der Waals surface area (Å²) in [7, 11) is 3.52. The van der Waals surface area contributed by atoms with Crippen molar-refractivity contribution < 1.29 is 56.2 Å². The Labute approximate surface area is 154 Å². The van der Waals surface area contributed by atoms with Gasteiger partial charge in [0.1, 0.15) is 0 Å². The van der Waals surface area contributed by atoms with Gasteiger partial charge in [0.2, 0.25) is 5.91 Å². The Bertz CT molecular complexity index is 214. The van der Waals surface area contributed by atoms with Crippen molar-refractivity contribution in [2.75, 3.05) is 20.6 Å². The molecule has 1 unspecified atom stereocenters. The molecule has 0 heterocycles. The number of carbonyl (C=O) groups is 1. The van der Waals surface area contributed by atoms with Gasteiger partial charge in [0, 0.05) is 7.05 Å². The number of nitrogens with zero attached hydrogens (tertiary/aromatic N) is 1. The van der Waals surface area contributed by atoms with Gasteiger partial charge >= 0.3 is 51.4 Å². The molecule has 0 saturated heterocycles. The van der Waals surface area contributed by atoms with Crippen molar-refractivity contribution in [2.45, 2.75) is 45.3 Å². The first kappa shape index (κ1) is 21.3. The Morgan fingerprint density at radius 1 is 1.33 bits per heavy atom. The number of rotatable bonds is 9. The van der Waals surface area contributed by atoms with E-state index in [9.17, 15) is 4.79 Å².